The summed E-state index contributed by atoms with van der Waals surface area (Å²) in [7, 11) is -1.94. The summed E-state index contributed by atoms with van der Waals surface area (Å²) < 4.78 is 21.5. The molecule has 6 N–H and O–H groups in total. The Morgan fingerprint density at radius 3 is 2.82 bits per heavy atom. The fraction of sp³-hybridized carbons (Fsp3) is 0.208. The van der Waals surface area contributed by atoms with Crippen molar-refractivity contribution in [2.45, 2.75) is 20.0 Å². The lowest BCUT2D eigenvalue weighted by Crippen LogP contribution is -2.37. The maximum absolute atomic E-state index is 14.1. The fourth-order valence-electron chi connectivity index (χ4n) is 4.09. The summed E-state index contributed by atoms with van der Waals surface area (Å²) in [6, 6.07) is 8.06. The smallest absolute Gasteiger partial charge is 0.319 e. The Hall–Kier alpha value is -4.72. The van der Waals surface area contributed by atoms with Crippen LogP contribution in [-0.2, 0) is 6.54 Å². The van der Waals surface area contributed by atoms with E-state index in [2.05, 4.69) is 31.3 Å². The van der Waals surface area contributed by atoms with E-state index in [1.807, 2.05) is 13.5 Å². The van der Waals surface area contributed by atoms with Gasteiger partial charge in [-0.3, -0.25) is 4.79 Å². The minimum absolute atomic E-state index is 0.137. The monoisotopic (exact) mass is 535 g/mol. The third-order valence-electron chi connectivity index (χ3n) is 5.90. The van der Waals surface area contributed by atoms with Crippen molar-refractivity contribution in [3.63, 3.8) is 0 Å². The summed E-state index contributed by atoms with van der Waals surface area (Å²) in [5, 5.41) is 15.8. The first-order valence-electron chi connectivity index (χ1n) is 12.0. The van der Waals surface area contributed by atoms with E-state index in [0.29, 0.717) is 46.8 Å². The molecule has 0 unspecified atom stereocenters. The van der Waals surface area contributed by atoms with Gasteiger partial charge in [0.05, 0.1) is 18.0 Å². The lowest BCUT2D eigenvalue weighted by molar-refractivity contribution is 0.0960. The zero-order chi connectivity index (χ0) is 26.8. The van der Waals surface area contributed by atoms with Gasteiger partial charge < -0.3 is 31.4 Å². The predicted octanol–water partition coefficient (Wildman–Crippen LogP) is 2.28. The molecule has 3 amide bonds. The average Bonchev–Trinajstić information content (AvgIpc) is 3.32. The van der Waals surface area contributed by atoms with Crippen LogP contribution in [-0.4, -0.2) is 53.3 Å². The number of halogens is 1. The summed E-state index contributed by atoms with van der Waals surface area (Å²) in [6.45, 7) is 4.38. The van der Waals surface area contributed by atoms with Gasteiger partial charge in [0.15, 0.2) is 5.65 Å². The Bertz CT molecular complexity index is 1530. The van der Waals surface area contributed by atoms with Gasteiger partial charge in [0.25, 0.3) is 14.9 Å². The molecule has 0 aliphatic carbocycles. The van der Waals surface area contributed by atoms with Crippen molar-refractivity contribution in [3.8, 4) is 17.0 Å². The van der Waals surface area contributed by atoms with Crippen LogP contribution in [0, 0.1) is 5.82 Å². The third-order valence-corrected chi connectivity index (χ3v) is 7.30. The number of anilines is 3. The third kappa shape index (κ3) is 4.93. The molecule has 12 nitrogen and oxygen atoms in total. The molecular weight excluding hydrogens is 509 g/mol. The van der Waals surface area contributed by atoms with E-state index in [-0.39, 0.29) is 35.5 Å². The van der Waals surface area contributed by atoms with Gasteiger partial charge in [-0.15, -0.1) is 0 Å². The topological polar surface area (TPSA) is 161 Å². The van der Waals surface area contributed by atoms with Crippen molar-refractivity contribution in [3.05, 3.63) is 59.7 Å². The number of hydrogen-bond donors (Lipinski definition) is 5. The number of carbonyl (C=O) groups is 2. The van der Waals surface area contributed by atoms with Gasteiger partial charge in [-0.25, -0.2) is 19.2 Å². The average molecular weight is 536 g/mol. The number of amides is 3. The number of urea groups is 1. The number of aromatic nitrogens is 4. The largest absolute Gasteiger partial charge is 0.532 e. The fourth-order valence-corrected chi connectivity index (χ4v) is 5.24. The molecule has 14 heteroatoms. The maximum Gasteiger partial charge on any atom is 0.319 e. The van der Waals surface area contributed by atoms with Gasteiger partial charge in [0.1, 0.15) is 23.0 Å². The molecule has 0 saturated heterocycles. The normalized spacial score (nSPS) is 15.2. The molecule has 1 aromatic carbocycles. The number of carbonyl (C=O) groups excluding carboxylic acids is 2. The number of pyridine rings is 1. The van der Waals surface area contributed by atoms with Crippen LogP contribution in [0.3, 0.4) is 0 Å². The van der Waals surface area contributed by atoms with Crippen LogP contribution in [0.25, 0.3) is 16.8 Å². The van der Waals surface area contributed by atoms with Crippen LogP contribution in [0.1, 0.15) is 22.8 Å². The maximum atomic E-state index is 14.1. The molecule has 3 aromatic heterocycles. The molecule has 4 heterocycles. The van der Waals surface area contributed by atoms with Crippen LogP contribution < -0.4 is 31.4 Å². The Labute approximate surface area is 218 Å². The van der Waals surface area contributed by atoms with E-state index in [4.69, 9.17) is 15.1 Å². The standard InChI is InChI=1S/C24H26FN9O3Si/c1-3-27-24(36)32-16-6-4-13(5-7-16)18-19(26)34-21-17(11-31-34)22(35)30-12-38(2)37-23-14(8-15(25)10-29-23)9-28-20(18)33-21/h4-8,10-11,38H,3,9,12,26H2,1-2H3,(H,28,33)(H,30,35)(H2,27,32,36)/t38-/m0/s1. The quantitative estimate of drug-likeness (QED) is 0.250. The van der Waals surface area contributed by atoms with Crippen molar-refractivity contribution >= 4 is 43.9 Å². The highest BCUT2D eigenvalue weighted by Gasteiger charge is 2.23. The summed E-state index contributed by atoms with van der Waals surface area (Å²) >= 11 is 0. The van der Waals surface area contributed by atoms with Crippen LogP contribution >= 0.6 is 0 Å². The minimum Gasteiger partial charge on any atom is -0.532 e. The molecule has 0 saturated carbocycles. The van der Waals surface area contributed by atoms with E-state index >= 15 is 0 Å². The van der Waals surface area contributed by atoms with Gasteiger partial charge in [0.2, 0.25) is 5.88 Å². The molecular formula is C24H26FN9O3Si. The number of fused-ring (bicyclic) bond motifs is 2. The second kappa shape index (κ2) is 10.3. The van der Waals surface area contributed by atoms with Crippen LogP contribution in [0.5, 0.6) is 5.88 Å². The molecule has 2 bridgehead atoms. The number of nitrogen functional groups attached to an aromatic ring is 1. The molecule has 0 spiro atoms. The molecule has 1 aliphatic heterocycles. The van der Waals surface area contributed by atoms with Gasteiger partial charge in [0, 0.05) is 30.5 Å². The molecule has 38 heavy (non-hydrogen) atoms. The van der Waals surface area contributed by atoms with Gasteiger partial charge in [-0.1, -0.05) is 12.1 Å². The second-order valence-corrected chi connectivity index (χ2v) is 11.0. The van der Waals surface area contributed by atoms with Crippen LogP contribution in [0.4, 0.5) is 26.5 Å². The zero-order valence-corrected chi connectivity index (χ0v) is 21.9. The Morgan fingerprint density at radius 2 is 2.05 bits per heavy atom. The predicted molar refractivity (Wildman–Crippen MR) is 143 cm³/mol. The number of nitrogens with two attached hydrogens (primary N) is 1. The Morgan fingerprint density at radius 1 is 1.26 bits per heavy atom. The van der Waals surface area contributed by atoms with E-state index in [1.165, 1.54) is 16.8 Å². The molecule has 0 radical (unpaired) electrons. The number of rotatable bonds is 3. The lowest BCUT2D eigenvalue weighted by atomic mass is 10.1. The van der Waals surface area contributed by atoms with Crippen molar-refractivity contribution in [2.24, 2.45) is 0 Å². The highest BCUT2D eigenvalue weighted by Crippen LogP contribution is 2.35. The van der Waals surface area contributed by atoms with Crippen LogP contribution in [0.15, 0.2) is 42.7 Å². The van der Waals surface area contributed by atoms with E-state index in [1.54, 1.807) is 24.3 Å². The minimum atomic E-state index is -1.94. The first-order valence-corrected chi connectivity index (χ1v) is 14.4. The number of hydrogen-bond acceptors (Lipinski definition) is 8. The Kier molecular flexibility index (Phi) is 6.78. The molecule has 196 valence electrons. The lowest BCUT2D eigenvalue weighted by Gasteiger charge is -2.18. The number of benzene rings is 1. The van der Waals surface area contributed by atoms with Crippen molar-refractivity contribution in [1.29, 1.82) is 0 Å². The van der Waals surface area contributed by atoms with Gasteiger partial charge >= 0.3 is 6.03 Å². The highest BCUT2D eigenvalue weighted by molar-refractivity contribution is 6.51. The van der Waals surface area contributed by atoms with E-state index < -0.39 is 14.9 Å². The number of nitrogens with one attached hydrogen (secondary N) is 4. The summed E-state index contributed by atoms with van der Waals surface area (Å²) in [5.41, 5.74) is 9.39. The summed E-state index contributed by atoms with van der Waals surface area (Å²) in [5.74, 6) is 0.0329. The van der Waals surface area contributed by atoms with E-state index in [9.17, 15) is 14.0 Å². The van der Waals surface area contributed by atoms with Gasteiger partial charge in [-0.2, -0.15) is 9.61 Å². The molecule has 4 aromatic rings. The van der Waals surface area contributed by atoms with Crippen molar-refractivity contribution in [1.82, 2.24) is 30.2 Å². The Balaban J connectivity index is 1.61. The first-order chi connectivity index (χ1) is 18.3. The molecule has 1 atom stereocenters. The zero-order valence-electron chi connectivity index (χ0n) is 20.7. The first kappa shape index (κ1) is 24.9. The molecule has 0 fully saturated rings. The van der Waals surface area contributed by atoms with Crippen molar-refractivity contribution < 1.29 is 18.4 Å². The van der Waals surface area contributed by atoms with Crippen molar-refractivity contribution in [2.75, 3.05) is 29.1 Å². The second-order valence-electron chi connectivity index (χ2n) is 8.69. The molecule has 5 rings (SSSR count). The highest BCUT2D eigenvalue weighted by atomic mass is 28.3. The number of nitrogens with zero attached hydrogens (tertiary/aromatic N) is 4. The molecule has 1 aliphatic rings. The van der Waals surface area contributed by atoms with E-state index in [0.717, 1.165) is 6.20 Å². The van der Waals surface area contributed by atoms with Crippen LogP contribution in [0.2, 0.25) is 6.55 Å². The summed E-state index contributed by atoms with van der Waals surface area (Å²) in [4.78, 5) is 33.7. The van der Waals surface area contributed by atoms with Gasteiger partial charge in [-0.05, 0) is 37.2 Å². The summed E-state index contributed by atoms with van der Waals surface area (Å²) in [6.07, 6.45) is 2.83. The SMILES string of the molecule is CCNC(=O)Nc1ccc(-c2c3nc4c(cnn4c2N)C(=O)NC[Si@H](C)Oc2ncc(F)cc2CN3)cc1.